The van der Waals surface area contributed by atoms with Crippen LogP contribution in [0.5, 0.6) is 0 Å². The van der Waals surface area contributed by atoms with Gasteiger partial charge in [0.25, 0.3) is 0 Å². The summed E-state index contributed by atoms with van der Waals surface area (Å²) in [7, 11) is 0. The highest BCUT2D eigenvalue weighted by atomic mass is 16.3. The summed E-state index contributed by atoms with van der Waals surface area (Å²) in [5.41, 5.74) is 0. The highest BCUT2D eigenvalue weighted by Gasteiger charge is 2.21. The van der Waals surface area contributed by atoms with Crippen LogP contribution in [0.2, 0.25) is 0 Å². The molecule has 0 aromatic carbocycles. The van der Waals surface area contributed by atoms with Crippen molar-refractivity contribution < 1.29 is 20.1 Å². The van der Waals surface area contributed by atoms with Crippen LogP contribution in [0.3, 0.4) is 0 Å². The van der Waals surface area contributed by atoms with Crippen molar-refractivity contribution in [1.82, 2.24) is 5.32 Å². The molecule has 0 aliphatic rings. The number of hydrogen-bond donors (Lipinski definition) is 4. The zero-order valence-corrected chi connectivity index (χ0v) is 30.3. The van der Waals surface area contributed by atoms with Crippen molar-refractivity contribution in [3.8, 4) is 0 Å². The third-order valence-corrected chi connectivity index (χ3v) is 9.33. The second-order valence-corrected chi connectivity index (χ2v) is 13.9. The van der Waals surface area contributed by atoms with Gasteiger partial charge in [-0.15, -0.1) is 0 Å². The van der Waals surface area contributed by atoms with Crippen molar-refractivity contribution in [3.63, 3.8) is 0 Å². The topological polar surface area (TPSA) is 89.8 Å². The Morgan fingerprint density at radius 1 is 0.533 bits per heavy atom. The minimum absolute atomic E-state index is 0.0273. The van der Waals surface area contributed by atoms with Gasteiger partial charge in [0.2, 0.25) is 5.91 Å². The lowest BCUT2D eigenvalue weighted by molar-refractivity contribution is -0.125. The minimum Gasteiger partial charge on any atom is -0.394 e. The van der Waals surface area contributed by atoms with Gasteiger partial charge in [-0.05, 0) is 32.1 Å². The zero-order chi connectivity index (χ0) is 33.1. The quantitative estimate of drug-likeness (QED) is 0.0406. The number of aliphatic hydroxyl groups is 3. The first kappa shape index (κ1) is 44.1. The van der Waals surface area contributed by atoms with Crippen molar-refractivity contribution in [2.45, 2.75) is 231 Å². The number of nitrogens with one attached hydrogen (secondary N) is 1. The van der Waals surface area contributed by atoms with Gasteiger partial charge >= 0.3 is 0 Å². The zero-order valence-electron chi connectivity index (χ0n) is 30.3. The first-order chi connectivity index (χ1) is 22.0. The van der Waals surface area contributed by atoms with Crippen LogP contribution in [0.25, 0.3) is 0 Å². The van der Waals surface area contributed by atoms with Gasteiger partial charge in [0.05, 0.1) is 31.3 Å². The van der Waals surface area contributed by atoms with Crippen LogP contribution in [0, 0.1) is 0 Å². The third kappa shape index (κ3) is 32.8. The molecule has 3 atom stereocenters. The van der Waals surface area contributed by atoms with Crippen LogP contribution >= 0.6 is 0 Å². The molecule has 0 aromatic heterocycles. The minimum atomic E-state index is -0.748. The molecule has 4 N–H and O–H groups in total. The largest absolute Gasteiger partial charge is 0.394 e. The van der Waals surface area contributed by atoms with E-state index in [0.29, 0.717) is 12.8 Å². The molecule has 3 unspecified atom stereocenters. The molecule has 45 heavy (non-hydrogen) atoms. The molecule has 0 saturated heterocycles. The Kier molecular flexibility index (Phi) is 35.2. The number of carbonyl (C=O) groups excluding carboxylic acids is 1. The summed E-state index contributed by atoms with van der Waals surface area (Å²) in [6.45, 7) is 4.21. The van der Waals surface area contributed by atoms with Crippen LogP contribution in [0.15, 0.2) is 12.2 Å². The molecule has 0 saturated carbocycles. The van der Waals surface area contributed by atoms with Gasteiger partial charge in [0, 0.05) is 0 Å². The molecule has 0 heterocycles. The average Bonchev–Trinajstić information content (AvgIpc) is 3.03. The van der Waals surface area contributed by atoms with E-state index in [9.17, 15) is 20.1 Å². The maximum absolute atomic E-state index is 12.3. The number of hydrogen-bond acceptors (Lipinski definition) is 4. The Morgan fingerprint density at radius 2 is 0.911 bits per heavy atom. The highest BCUT2D eigenvalue weighted by molar-refractivity contribution is 5.76. The fourth-order valence-electron chi connectivity index (χ4n) is 6.21. The second kappa shape index (κ2) is 35.9. The van der Waals surface area contributed by atoms with Crippen molar-refractivity contribution in [2.24, 2.45) is 0 Å². The standard InChI is InChI=1S/C40H79NO4/c1-3-5-7-9-11-13-14-15-16-17-18-19-20-21-22-23-24-26-28-30-32-34-39(44)38(36-42)41-40(45)35-37(43)33-31-29-27-25-12-10-8-6-4-2/h10,12,37-39,42-44H,3-9,11,13-36H2,1-2H3,(H,41,45)/b12-10-. The SMILES string of the molecule is CCCC/C=C\CCCCCC(O)CC(=O)NC(CO)C(O)CCCCCCCCCCCCCCCCCCCCCCC. The van der Waals surface area contributed by atoms with E-state index in [4.69, 9.17) is 0 Å². The van der Waals surface area contributed by atoms with Crippen molar-refractivity contribution in [3.05, 3.63) is 12.2 Å². The number of amides is 1. The maximum atomic E-state index is 12.3. The van der Waals surface area contributed by atoms with E-state index in [1.807, 2.05) is 0 Å². The van der Waals surface area contributed by atoms with Crippen LogP contribution in [0.1, 0.15) is 213 Å². The molecule has 5 nitrogen and oxygen atoms in total. The van der Waals surface area contributed by atoms with Gasteiger partial charge < -0.3 is 20.6 Å². The van der Waals surface area contributed by atoms with Gasteiger partial charge in [-0.2, -0.15) is 0 Å². The number of allylic oxidation sites excluding steroid dienone is 2. The van der Waals surface area contributed by atoms with E-state index in [0.717, 1.165) is 44.9 Å². The fourth-order valence-corrected chi connectivity index (χ4v) is 6.21. The molecular formula is C40H79NO4. The number of unbranched alkanes of at least 4 members (excludes halogenated alkanes) is 25. The van der Waals surface area contributed by atoms with Crippen LogP contribution in [0.4, 0.5) is 0 Å². The van der Waals surface area contributed by atoms with E-state index in [1.165, 1.54) is 135 Å². The Morgan fingerprint density at radius 3 is 1.36 bits per heavy atom. The fraction of sp³-hybridized carbons (Fsp3) is 0.925. The lowest BCUT2D eigenvalue weighted by Gasteiger charge is -2.23. The Bertz CT molecular complexity index is 625. The molecule has 0 aromatic rings. The van der Waals surface area contributed by atoms with Gasteiger partial charge in [0.15, 0.2) is 0 Å². The summed E-state index contributed by atoms with van der Waals surface area (Å²) in [5, 5.41) is 33.2. The molecule has 0 spiro atoms. The monoisotopic (exact) mass is 638 g/mol. The van der Waals surface area contributed by atoms with Crippen molar-refractivity contribution in [1.29, 1.82) is 0 Å². The molecule has 5 heteroatoms. The Balaban J connectivity index is 3.58. The molecular weight excluding hydrogens is 558 g/mol. The van der Waals surface area contributed by atoms with Crippen LogP contribution < -0.4 is 5.32 Å². The summed E-state index contributed by atoms with van der Waals surface area (Å²) in [5.74, 6) is -0.293. The van der Waals surface area contributed by atoms with Gasteiger partial charge in [-0.25, -0.2) is 0 Å². The van der Waals surface area contributed by atoms with Gasteiger partial charge in [0.1, 0.15) is 0 Å². The predicted molar refractivity (Wildman–Crippen MR) is 195 cm³/mol. The molecule has 0 aliphatic heterocycles. The molecule has 1 amide bonds. The van der Waals surface area contributed by atoms with Crippen LogP contribution in [-0.4, -0.2) is 46.1 Å². The summed E-state index contributed by atoms with van der Waals surface area (Å²) in [4.78, 5) is 12.3. The number of aliphatic hydroxyl groups excluding tert-OH is 3. The number of carbonyl (C=O) groups is 1. The molecule has 0 aliphatic carbocycles. The lowest BCUT2D eigenvalue weighted by atomic mass is 10.0. The predicted octanol–water partition coefficient (Wildman–Crippen LogP) is 10.9. The summed E-state index contributed by atoms with van der Waals surface area (Å²) in [6, 6.07) is -0.658. The van der Waals surface area contributed by atoms with E-state index < -0.39 is 18.2 Å². The summed E-state index contributed by atoms with van der Waals surface area (Å²) >= 11 is 0. The second-order valence-electron chi connectivity index (χ2n) is 13.9. The summed E-state index contributed by atoms with van der Waals surface area (Å²) < 4.78 is 0. The Hall–Kier alpha value is -0.910. The van der Waals surface area contributed by atoms with Gasteiger partial charge in [-0.3, -0.25) is 4.79 Å². The Labute approximate surface area is 280 Å². The molecule has 0 rings (SSSR count). The maximum Gasteiger partial charge on any atom is 0.222 e. The highest BCUT2D eigenvalue weighted by Crippen LogP contribution is 2.16. The van der Waals surface area contributed by atoms with E-state index in [-0.39, 0.29) is 18.9 Å². The number of rotatable bonds is 36. The van der Waals surface area contributed by atoms with Gasteiger partial charge in [-0.1, -0.05) is 187 Å². The molecule has 0 fully saturated rings. The first-order valence-corrected chi connectivity index (χ1v) is 20.0. The first-order valence-electron chi connectivity index (χ1n) is 20.0. The average molecular weight is 638 g/mol. The smallest absolute Gasteiger partial charge is 0.222 e. The summed E-state index contributed by atoms with van der Waals surface area (Å²) in [6.07, 6.45) is 40.4. The molecule has 0 radical (unpaired) electrons. The van der Waals surface area contributed by atoms with Crippen LogP contribution in [-0.2, 0) is 4.79 Å². The molecule has 268 valence electrons. The normalized spacial score (nSPS) is 13.8. The van der Waals surface area contributed by atoms with E-state index in [2.05, 4.69) is 31.3 Å². The van der Waals surface area contributed by atoms with Crippen molar-refractivity contribution >= 4 is 5.91 Å². The van der Waals surface area contributed by atoms with E-state index in [1.54, 1.807) is 0 Å². The van der Waals surface area contributed by atoms with E-state index >= 15 is 0 Å². The third-order valence-electron chi connectivity index (χ3n) is 9.33. The lowest BCUT2D eigenvalue weighted by Crippen LogP contribution is -2.46. The van der Waals surface area contributed by atoms with Crippen molar-refractivity contribution in [2.75, 3.05) is 6.61 Å². The molecule has 0 bridgehead atoms.